The molecular weight excluding hydrogens is 417 g/mol. The third kappa shape index (κ3) is 4.60. The minimum atomic E-state index is -3.56. The molecule has 0 N–H and O–H groups in total. The largest absolute Gasteiger partial charge is 0.368 e. The summed E-state index contributed by atoms with van der Waals surface area (Å²) in [6, 6.07) is 14.2. The summed E-state index contributed by atoms with van der Waals surface area (Å²) < 4.78 is 42.7. The molecule has 0 saturated carbocycles. The van der Waals surface area contributed by atoms with Crippen molar-refractivity contribution in [2.45, 2.75) is 31.6 Å². The van der Waals surface area contributed by atoms with E-state index >= 15 is 0 Å². The van der Waals surface area contributed by atoms with Crippen molar-refractivity contribution < 1.29 is 17.6 Å². The van der Waals surface area contributed by atoms with Crippen molar-refractivity contribution in [1.82, 2.24) is 9.21 Å². The second kappa shape index (κ2) is 8.96. The molecule has 0 bridgehead atoms. The topological polar surface area (TPSA) is 60.9 Å². The normalized spacial score (nSPS) is 21.8. The molecule has 2 heterocycles. The van der Waals surface area contributed by atoms with Crippen LogP contribution in [0.15, 0.2) is 48.5 Å². The number of hydrogen-bond acceptors (Lipinski definition) is 4. The van der Waals surface area contributed by atoms with E-state index in [0.717, 1.165) is 17.7 Å². The summed E-state index contributed by atoms with van der Waals surface area (Å²) >= 11 is 0. The van der Waals surface area contributed by atoms with Crippen molar-refractivity contribution in [3.8, 4) is 0 Å². The minimum absolute atomic E-state index is 0.0376. The van der Waals surface area contributed by atoms with Crippen LogP contribution in [0.3, 0.4) is 0 Å². The molecule has 0 radical (unpaired) electrons. The highest BCUT2D eigenvalue weighted by Gasteiger charge is 2.37. The van der Waals surface area contributed by atoms with Crippen molar-refractivity contribution >= 4 is 21.6 Å². The molecule has 6 nitrogen and oxygen atoms in total. The standard InChI is InChI=1S/C23H28FN3O3S/c1-18(28)25-12-14-26(15-13-25)21-10-9-20(22(24)16-21)17-27-11-5-8-23(31(27,29)30)19-6-3-2-4-7-19/h2-4,6-7,9-10,16,23H,5,8,11-15,17H2,1H3/t23-/m1/s1. The van der Waals surface area contributed by atoms with Gasteiger partial charge >= 0.3 is 0 Å². The average molecular weight is 446 g/mol. The molecule has 2 aromatic carbocycles. The van der Waals surface area contributed by atoms with Crippen LogP contribution in [0, 0.1) is 5.82 Å². The second-order valence-corrected chi connectivity index (χ2v) is 10.3. The number of benzene rings is 2. The fraction of sp³-hybridized carbons (Fsp3) is 0.435. The number of halogens is 1. The van der Waals surface area contributed by atoms with E-state index in [9.17, 15) is 17.6 Å². The smallest absolute Gasteiger partial charge is 0.221 e. The lowest BCUT2D eigenvalue weighted by Gasteiger charge is -2.36. The first-order chi connectivity index (χ1) is 14.9. The monoisotopic (exact) mass is 445 g/mol. The fourth-order valence-corrected chi connectivity index (χ4v) is 6.44. The van der Waals surface area contributed by atoms with E-state index in [-0.39, 0.29) is 12.5 Å². The van der Waals surface area contributed by atoms with Crippen LogP contribution in [0.1, 0.15) is 36.1 Å². The second-order valence-electron chi connectivity index (χ2n) is 8.19. The zero-order valence-corrected chi connectivity index (χ0v) is 18.5. The molecule has 0 aromatic heterocycles. The Bertz CT molecular complexity index is 1040. The van der Waals surface area contributed by atoms with E-state index in [1.165, 1.54) is 10.4 Å². The van der Waals surface area contributed by atoms with Crippen LogP contribution in [0.4, 0.5) is 10.1 Å². The highest BCUT2D eigenvalue weighted by atomic mass is 32.2. The van der Waals surface area contributed by atoms with Gasteiger partial charge in [-0.3, -0.25) is 4.79 Å². The summed E-state index contributed by atoms with van der Waals surface area (Å²) in [7, 11) is -3.56. The molecule has 4 rings (SSSR count). The SMILES string of the molecule is CC(=O)N1CCN(c2ccc(CN3CCC[C@H](c4ccccc4)S3(=O)=O)c(F)c2)CC1. The molecule has 1 amide bonds. The highest BCUT2D eigenvalue weighted by Crippen LogP contribution is 2.35. The van der Waals surface area contributed by atoms with Crippen LogP contribution >= 0.6 is 0 Å². The zero-order valence-electron chi connectivity index (χ0n) is 17.7. The van der Waals surface area contributed by atoms with E-state index in [2.05, 4.69) is 4.90 Å². The Morgan fingerprint density at radius 3 is 2.39 bits per heavy atom. The third-order valence-corrected chi connectivity index (χ3v) is 8.50. The van der Waals surface area contributed by atoms with Crippen molar-refractivity contribution in [3.05, 3.63) is 65.5 Å². The molecule has 1 atom stereocenters. The van der Waals surface area contributed by atoms with E-state index in [4.69, 9.17) is 0 Å². The Labute approximate surface area is 183 Å². The number of carbonyl (C=O) groups is 1. The van der Waals surface area contributed by atoms with Gasteiger partial charge in [0.05, 0.1) is 0 Å². The van der Waals surface area contributed by atoms with Gasteiger partial charge in [0.2, 0.25) is 15.9 Å². The van der Waals surface area contributed by atoms with Gasteiger partial charge in [-0.2, -0.15) is 4.31 Å². The van der Waals surface area contributed by atoms with Gasteiger partial charge in [0.15, 0.2) is 0 Å². The Morgan fingerprint density at radius 2 is 1.74 bits per heavy atom. The van der Waals surface area contributed by atoms with E-state index in [1.54, 1.807) is 17.9 Å². The fourth-order valence-electron chi connectivity index (χ4n) is 4.42. The van der Waals surface area contributed by atoms with Crippen LogP contribution in [0.2, 0.25) is 0 Å². The number of anilines is 1. The first-order valence-electron chi connectivity index (χ1n) is 10.7. The van der Waals surface area contributed by atoms with Crippen LogP contribution < -0.4 is 4.90 Å². The number of rotatable bonds is 4. The molecule has 166 valence electrons. The summed E-state index contributed by atoms with van der Waals surface area (Å²) in [5, 5.41) is -0.581. The number of hydrogen-bond donors (Lipinski definition) is 0. The molecule has 0 spiro atoms. The average Bonchev–Trinajstić information content (AvgIpc) is 2.77. The van der Waals surface area contributed by atoms with Crippen molar-refractivity contribution in [2.75, 3.05) is 37.6 Å². The van der Waals surface area contributed by atoms with Gasteiger partial charge in [0.1, 0.15) is 11.1 Å². The Hall–Kier alpha value is -2.45. The molecule has 2 aliphatic heterocycles. The maximum atomic E-state index is 14.9. The van der Waals surface area contributed by atoms with Gasteiger partial charge in [-0.05, 0) is 30.5 Å². The Balaban J connectivity index is 1.47. The van der Waals surface area contributed by atoms with Gasteiger partial charge in [-0.1, -0.05) is 36.4 Å². The minimum Gasteiger partial charge on any atom is -0.368 e. The Morgan fingerprint density at radius 1 is 1.03 bits per heavy atom. The summed E-state index contributed by atoms with van der Waals surface area (Å²) in [4.78, 5) is 15.3. The van der Waals surface area contributed by atoms with Gasteiger partial charge in [-0.25, -0.2) is 12.8 Å². The number of piperazine rings is 1. The molecule has 31 heavy (non-hydrogen) atoms. The van der Waals surface area contributed by atoms with Gasteiger partial charge < -0.3 is 9.80 Å². The third-order valence-electron chi connectivity index (χ3n) is 6.24. The van der Waals surface area contributed by atoms with Gasteiger partial charge in [0, 0.05) is 57.4 Å². The predicted molar refractivity (Wildman–Crippen MR) is 119 cm³/mol. The zero-order chi connectivity index (χ0) is 22.0. The lowest BCUT2D eigenvalue weighted by molar-refractivity contribution is -0.129. The molecule has 2 aromatic rings. The number of sulfonamides is 1. The molecule has 8 heteroatoms. The lowest BCUT2D eigenvalue weighted by Crippen LogP contribution is -2.48. The first-order valence-corrected chi connectivity index (χ1v) is 12.2. The van der Waals surface area contributed by atoms with Gasteiger partial charge in [-0.15, -0.1) is 0 Å². The summed E-state index contributed by atoms with van der Waals surface area (Å²) in [6.07, 6.45) is 1.33. The highest BCUT2D eigenvalue weighted by molar-refractivity contribution is 7.89. The first kappa shape index (κ1) is 21.8. The number of nitrogens with zero attached hydrogens (tertiary/aromatic N) is 3. The van der Waals surface area contributed by atoms with E-state index < -0.39 is 21.1 Å². The summed E-state index contributed by atoms with van der Waals surface area (Å²) in [5.41, 5.74) is 1.92. The number of amides is 1. The molecule has 0 aliphatic carbocycles. The Kier molecular flexibility index (Phi) is 6.29. The van der Waals surface area contributed by atoms with Crippen LogP contribution in [0.25, 0.3) is 0 Å². The maximum absolute atomic E-state index is 14.9. The van der Waals surface area contributed by atoms with Crippen molar-refractivity contribution in [2.24, 2.45) is 0 Å². The maximum Gasteiger partial charge on any atom is 0.221 e. The predicted octanol–water partition coefficient (Wildman–Crippen LogP) is 3.16. The molecule has 2 aliphatic rings. The van der Waals surface area contributed by atoms with Crippen molar-refractivity contribution in [3.63, 3.8) is 0 Å². The van der Waals surface area contributed by atoms with Gasteiger partial charge in [0.25, 0.3) is 0 Å². The number of carbonyl (C=O) groups excluding carboxylic acids is 1. The molecule has 2 saturated heterocycles. The van der Waals surface area contributed by atoms with Crippen LogP contribution in [-0.2, 0) is 21.4 Å². The van der Waals surface area contributed by atoms with Crippen LogP contribution in [0.5, 0.6) is 0 Å². The van der Waals surface area contributed by atoms with E-state index in [1.807, 2.05) is 36.4 Å². The van der Waals surface area contributed by atoms with E-state index in [0.29, 0.717) is 44.7 Å². The molecule has 2 fully saturated rings. The quantitative estimate of drug-likeness (QED) is 0.725. The lowest BCUT2D eigenvalue weighted by atomic mass is 10.1. The van der Waals surface area contributed by atoms with Crippen molar-refractivity contribution in [1.29, 1.82) is 0 Å². The summed E-state index contributed by atoms with van der Waals surface area (Å²) in [5.74, 6) is -0.346. The molecule has 0 unspecified atom stereocenters. The van der Waals surface area contributed by atoms with Crippen LogP contribution in [-0.4, -0.2) is 56.3 Å². The molecular formula is C23H28FN3O3S. The summed E-state index contributed by atoms with van der Waals surface area (Å²) in [6.45, 7) is 4.53.